The Morgan fingerprint density at radius 1 is 1.11 bits per heavy atom. The number of esters is 1. The van der Waals surface area contributed by atoms with Crippen LogP contribution in [0.2, 0.25) is 0 Å². The summed E-state index contributed by atoms with van der Waals surface area (Å²) in [7, 11) is 1.57. The van der Waals surface area contributed by atoms with Crippen molar-refractivity contribution in [2.45, 2.75) is 26.5 Å². The molecular formula is C21H21FN2O3. The van der Waals surface area contributed by atoms with Crippen molar-refractivity contribution in [2.75, 3.05) is 11.9 Å². The minimum absolute atomic E-state index is 0.0796. The number of carbonyl (C=O) groups is 2. The fourth-order valence-corrected chi connectivity index (χ4v) is 2.96. The Bertz CT molecular complexity index is 994. The van der Waals surface area contributed by atoms with E-state index in [1.165, 1.54) is 17.0 Å². The van der Waals surface area contributed by atoms with Crippen LogP contribution in [-0.4, -0.2) is 29.6 Å². The van der Waals surface area contributed by atoms with Crippen LogP contribution in [0.4, 0.5) is 10.1 Å². The second-order valence-corrected chi connectivity index (χ2v) is 6.56. The van der Waals surface area contributed by atoms with E-state index in [0.29, 0.717) is 11.4 Å². The molecule has 0 aliphatic heterocycles. The number of ether oxygens (including phenoxy) is 1. The van der Waals surface area contributed by atoms with Gasteiger partial charge in [-0.25, -0.2) is 4.39 Å². The third kappa shape index (κ3) is 4.00. The van der Waals surface area contributed by atoms with Gasteiger partial charge < -0.3 is 14.2 Å². The van der Waals surface area contributed by atoms with Gasteiger partial charge in [-0.1, -0.05) is 24.3 Å². The minimum Gasteiger partial charge on any atom is -0.462 e. The summed E-state index contributed by atoms with van der Waals surface area (Å²) in [6, 6.07) is 15.0. The topological polar surface area (TPSA) is 51.5 Å². The number of rotatable bonds is 5. The molecule has 3 aromatic rings. The molecule has 1 heterocycles. The predicted octanol–water partition coefficient (Wildman–Crippen LogP) is 4.01. The lowest BCUT2D eigenvalue weighted by molar-refractivity contribution is -0.148. The maximum atomic E-state index is 13.5. The SMILES string of the molecule is CC(C)OC(=O)Cn1c(C(=O)N(C)c2cccc(F)c2)cc2ccccc21. The number of anilines is 1. The van der Waals surface area contributed by atoms with Crippen LogP contribution in [0.3, 0.4) is 0 Å². The van der Waals surface area contributed by atoms with Gasteiger partial charge in [-0.2, -0.15) is 0 Å². The fraction of sp³-hybridized carbons (Fsp3) is 0.238. The van der Waals surface area contributed by atoms with Crippen LogP contribution >= 0.6 is 0 Å². The van der Waals surface area contributed by atoms with Crippen molar-refractivity contribution >= 4 is 28.5 Å². The third-order valence-electron chi connectivity index (χ3n) is 4.18. The Balaban J connectivity index is 2.01. The number of amides is 1. The molecule has 27 heavy (non-hydrogen) atoms. The lowest BCUT2D eigenvalue weighted by Gasteiger charge is -2.19. The zero-order chi connectivity index (χ0) is 19.6. The molecule has 0 fully saturated rings. The average molecular weight is 368 g/mol. The molecular weight excluding hydrogens is 347 g/mol. The maximum absolute atomic E-state index is 13.5. The number of benzene rings is 2. The van der Waals surface area contributed by atoms with Gasteiger partial charge in [0, 0.05) is 23.6 Å². The van der Waals surface area contributed by atoms with Crippen LogP contribution < -0.4 is 4.90 Å². The predicted molar refractivity (Wildman–Crippen MR) is 102 cm³/mol. The first-order valence-electron chi connectivity index (χ1n) is 8.68. The highest BCUT2D eigenvalue weighted by Gasteiger charge is 2.22. The van der Waals surface area contributed by atoms with Crippen LogP contribution in [-0.2, 0) is 16.1 Å². The standard InChI is InChI=1S/C21H21FN2O3/c1-14(2)27-20(25)13-24-18-10-5-4-7-15(18)11-19(24)21(26)23(3)17-9-6-8-16(22)12-17/h4-12,14H,13H2,1-3H3. The van der Waals surface area contributed by atoms with Crippen LogP contribution in [0.25, 0.3) is 10.9 Å². The van der Waals surface area contributed by atoms with Gasteiger partial charge in [-0.05, 0) is 44.2 Å². The van der Waals surface area contributed by atoms with Crippen molar-refractivity contribution in [3.63, 3.8) is 0 Å². The zero-order valence-corrected chi connectivity index (χ0v) is 15.5. The Kier molecular flexibility index (Phi) is 5.26. The monoisotopic (exact) mass is 368 g/mol. The smallest absolute Gasteiger partial charge is 0.326 e. The first kappa shape index (κ1) is 18.6. The van der Waals surface area contributed by atoms with Gasteiger partial charge in [0.15, 0.2) is 0 Å². The van der Waals surface area contributed by atoms with Crippen molar-refractivity contribution in [2.24, 2.45) is 0 Å². The van der Waals surface area contributed by atoms with Gasteiger partial charge >= 0.3 is 5.97 Å². The summed E-state index contributed by atoms with van der Waals surface area (Å²) in [6.45, 7) is 3.47. The normalized spacial score (nSPS) is 11.0. The molecule has 0 aliphatic rings. The molecule has 140 valence electrons. The van der Waals surface area contributed by atoms with E-state index < -0.39 is 11.8 Å². The van der Waals surface area contributed by atoms with E-state index in [2.05, 4.69) is 0 Å². The number of hydrogen-bond donors (Lipinski definition) is 0. The Morgan fingerprint density at radius 2 is 1.85 bits per heavy atom. The molecule has 0 saturated carbocycles. The molecule has 0 saturated heterocycles. The molecule has 3 rings (SSSR count). The van der Waals surface area contributed by atoms with Gasteiger partial charge in [-0.3, -0.25) is 9.59 Å². The van der Waals surface area contributed by atoms with Crippen LogP contribution in [0, 0.1) is 5.82 Å². The van der Waals surface area contributed by atoms with Gasteiger partial charge in [0.1, 0.15) is 18.1 Å². The highest BCUT2D eigenvalue weighted by molar-refractivity contribution is 6.08. The molecule has 6 heteroatoms. The van der Waals surface area contributed by atoms with Crippen molar-refractivity contribution in [1.29, 1.82) is 0 Å². The average Bonchev–Trinajstić information content (AvgIpc) is 2.98. The molecule has 2 aromatic carbocycles. The molecule has 0 radical (unpaired) electrons. The number of aromatic nitrogens is 1. The third-order valence-corrected chi connectivity index (χ3v) is 4.18. The van der Waals surface area contributed by atoms with E-state index >= 15 is 0 Å². The summed E-state index contributed by atoms with van der Waals surface area (Å²) in [4.78, 5) is 26.7. The molecule has 0 bridgehead atoms. The van der Waals surface area contributed by atoms with Gasteiger partial charge in [0.2, 0.25) is 0 Å². The first-order chi connectivity index (χ1) is 12.9. The van der Waals surface area contributed by atoms with Crippen molar-refractivity contribution in [1.82, 2.24) is 4.57 Å². The number of para-hydroxylation sites is 1. The number of nitrogens with zero attached hydrogens (tertiary/aromatic N) is 2. The van der Waals surface area contributed by atoms with Crippen molar-refractivity contribution in [3.05, 3.63) is 66.1 Å². The lowest BCUT2D eigenvalue weighted by atomic mass is 10.2. The Morgan fingerprint density at radius 3 is 2.56 bits per heavy atom. The molecule has 1 amide bonds. The van der Waals surface area contributed by atoms with E-state index in [1.807, 2.05) is 24.3 Å². The number of fused-ring (bicyclic) bond motifs is 1. The lowest BCUT2D eigenvalue weighted by Crippen LogP contribution is -2.29. The summed E-state index contributed by atoms with van der Waals surface area (Å²) in [5.74, 6) is -1.18. The summed E-state index contributed by atoms with van der Waals surface area (Å²) in [6.07, 6.45) is -0.242. The number of hydrogen-bond acceptors (Lipinski definition) is 3. The largest absolute Gasteiger partial charge is 0.462 e. The van der Waals surface area contributed by atoms with Crippen LogP contribution in [0.1, 0.15) is 24.3 Å². The van der Waals surface area contributed by atoms with Gasteiger partial charge in [-0.15, -0.1) is 0 Å². The number of carbonyl (C=O) groups excluding carboxylic acids is 2. The fourth-order valence-electron chi connectivity index (χ4n) is 2.96. The Labute approximate surface area is 157 Å². The quantitative estimate of drug-likeness (QED) is 0.640. The van der Waals surface area contributed by atoms with Crippen molar-refractivity contribution in [3.8, 4) is 0 Å². The second-order valence-electron chi connectivity index (χ2n) is 6.56. The summed E-state index contributed by atoms with van der Waals surface area (Å²) >= 11 is 0. The van der Waals surface area contributed by atoms with Crippen molar-refractivity contribution < 1.29 is 18.7 Å². The molecule has 0 spiro atoms. The number of halogens is 1. The van der Waals surface area contributed by atoms with E-state index in [1.54, 1.807) is 43.7 Å². The second kappa shape index (κ2) is 7.61. The minimum atomic E-state index is -0.423. The van der Waals surface area contributed by atoms with E-state index in [0.717, 1.165) is 10.9 Å². The zero-order valence-electron chi connectivity index (χ0n) is 15.5. The molecule has 0 aliphatic carbocycles. The molecule has 5 nitrogen and oxygen atoms in total. The summed E-state index contributed by atoms with van der Waals surface area (Å²) in [5.41, 5.74) is 1.53. The van der Waals surface area contributed by atoms with Crippen LogP contribution in [0.5, 0.6) is 0 Å². The molecule has 0 unspecified atom stereocenters. The summed E-state index contributed by atoms with van der Waals surface area (Å²) < 4.78 is 20.4. The van der Waals surface area contributed by atoms with Gasteiger partial charge in [0.05, 0.1) is 6.10 Å². The molecule has 0 N–H and O–H groups in total. The highest BCUT2D eigenvalue weighted by Crippen LogP contribution is 2.23. The van der Waals surface area contributed by atoms with E-state index in [9.17, 15) is 14.0 Å². The molecule has 1 aromatic heterocycles. The van der Waals surface area contributed by atoms with E-state index in [4.69, 9.17) is 4.74 Å². The first-order valence-corrected chi connectivity index (χ1v) is 8.68. The molecule has 0 atom stereocenters. The maximum Gasteiger partial charge on any atom is 0.326 e. The van der Waals surface area contributed by atoms with Crippen LogP contribution in [0.15, 0.2) is 54.6 Å². The highest BCUT2D eigenvalue weighted by atomic mass is 19.1. The van der Waals surface area contributed by atoms with Gasteiger partial charge in [0.25, 0.3) is 5.91 Å². The Hall–Kier alpha value is -3.15. The summed E-state index contributed by atoms with van der Waals surface area (Å²) in [5, 5.41) is 0.839. The van der Waals surface area contributed by atoms with E-state index in [-0.39, 0.29) is 18.6 Å².